The van der Waals surface area contributed by atoms with Gasteiger partial charge in [-0.3, -0.25) is 4.79 Å². The molecule has 0 atom stereocenters. The minimum atomic E-state index is -0.881. The van der Waals surface area contributed by atoms with Gasteiger partial charge in [0, 0.05) is 16.0 Å². The molecular weight excluding hydrogens is 288 g/mol. The van der Waals surface area contributed by atoms with Crippen molar-refractivity contribution in [2.24, 2.45) is 0 Å². The minimum Gasteiger partial charge on any atom is -0.392 e. The highest BCUT2D eigenvalue weighted by molar-refractivity contribution is 6.18. The topological polar surface area (TPSA) is 86.7 Å². The number of hydrogen-bond donors (Lipinski definition) is 0. The Balaban J connectivity index is 3.06. The first-order chi connectivity index (χ1) is 10.4. The average molecular weight is 300 g/mol. The molecule has 2 rings (SSSR count). The standard InChI is InChI=1S/C16H12O6/c1-4-8(2)12-10(15(19)21-7-17)5-6-11-13(12)9(3)14(18)22-16(11)20/h4-7H,1H2,2-3H3/b12-8-. The van der Waals surface area contributed by atoms with Gasteiger partial charge in [-0.15, -0.1) is 0 Å². The summed E-state index contributed by atoms with van der Waals surface area (Å²) in [6.07, 6.45) is 1.48. The molecule has 0 N–H and O–H groups in total. The number of allylic oxidation sites excluding steroid dienone is 1. The Morgan fingerprint density at radius 2 is 1.95 bits per heavy atom. The van der Waals surface area contributed by atoms with E-state index in [0.29, 0.717) is 16.0 Å². The SMILES string of the molecule is C=C/C(C)=c1/c(C(=O)OC=O)ccc2c1=C(C)C(=O)OC2=O. The van der Waals surface area contributed by atoms with Gasteiger partial charge in [0.2, 0.25) is 0 Å². The molecule has 0 radical (unpaired) electrons. The lowest BCUT2D eigenvalue weighted by atomic mass is 9.96. The molecule has 0 bridgehead atoms. The Morgan fingerprint density at radius 3 is 2.55 bits per heavy atom. The quantitative estimate of drug-likeness (QED) is 0.451. The second-order valence-electron chi connectivity index (χ2n) is 4.60. The van der Waals surface area contributed by atoms with Crippen LogP contribution in [-0.2, 0) is 19.1 Å². The highest BCUT2D eigenvalue weighted by atomic mass is 16.6. The molecule has 1 aromatic rings. The number of esters is 3. The average Bonchev–Trinajstić information content (AvgIpc) is 2.50. The number of rotatable bonds is 3. The van der Waals surface area contributed by atoms with Gasteiger partial charge in [-0.1, -0.05) is 12.7 Å². The van der Waals surface area contributed by atoms with E-state index in [0.717, 1.165) is 0 Å². The van der Waals surface area contributed by atoms with E-state index in [9.17, 15) is 19.2 Å². The Bertz CT molecular complexity index is 844. The van der Waals surface area contributed by atoms with Crippen LogP contribution in [-0.4, -0.2) is 24.4 Å². The number of cyclic esters (lactones) is 2. The zero-order valence-electron chi connectivity index (χ0n) is 12.0. The molecule has 0 saturated carbocycles. The van der Waals surface area contributed by atoms with Crippen LogP contribution < -0.4 is 10.4 Å². The summed E-state index contributed by atoms with van der Waals surface area (Å²) in [4.78, 5) is 45.9. The summed E-state index contributed by atoms with van der Waals surface area (Å²) in [5.74, 6) is -2.45. The van der Waals surface area contributed by atoms with Crippen LogP contribution in [0.4, 0.5) is 0 Å². The first-order valence-electron chi connectivity index (χ1n) is 6.30. The van der Waals surface area contributed by atoms with Crippen LogP contribution >= 0.6 is 0 Å². The van der Waals surface area contributed by atoms with Gasteiger partial charge in [0.1, 0.15) is 0 Å². The van der Waals surface area contributed by atoms with E-state index in [2.05, 4.69) is 16.1 Å². The summed E-state index contributed by atoms with van der Waals surface area (Å²) in [7, 11) is 0. The Labute approximate surface area is 125 Å². The van der Waals surface area contributed by atoms with Crippen molar-refractivity contribution in [2.45, 2.75) is 13.8 Å². The molecule has 0 aromatic heterocycles. The van der Waals surface area contributed by atoms with Crippen molar-refractivity contribution < 1.29 is 28.7 Å². The van der Waals surface area contributed by atoms with Crippen LogP contribution in [0.25, 0.3) is 11.1 Å². The maximum Gasteiger partial charge on any atom is 0.346 e. The van der Waals surface area contributed by atoms with Crippen LogP contribution in [0.2, 0.25) is 0 Å². The van der Waals surface area contributed by atoms with Crippen LogP contribution in [0.5, 0.6) is 0 Å². The summed E-state index contributed by atoms with van der Waals surface area (Å²) in [5.41, 5.74) is 0.962. The van der Waals surface area contributed by atoms with Gasteiger partial charge in [-0.05, 0) is 31.6 Å². The highest BCUT2D eigenvalue weighted by Gasteiger charge is 2.26. The first kappa shape index (κ1) is 15.4. The minimum absolute atomic E-state index is 0.0186. The number of fused-ring (bicyclic) bond motifs is 1. The molecule has 6 nitrogen and oxygen atoms in total. The molecule has 0 fully saturated rings. The van der Waals surface area contributed by atoms with Gasteiger partial charge in [-0.25, -0.2) is 14.4 Å². The van der Waals surface area contributed by atoms with Gasteiger partial charge < -0.3 is 9.47 Å². The number of carbonyl (C=O) groups is 4. The second-order valence-corrected chi connectivity index (χ2v) is 4.60. The predicted octanol–water partition coefficient (Wildman–Crippen LogP) is 0.224. The predicted molar refractivity (Wildman–Crippen MR) is 76.0 cm³/mol. The molecule has 0 spiro atoms. The molecule has 0 amide bonds. The van der Waals surface area contributed by atoms with Crippen molar-refractivity contribution in [1.29, 1.82) is 0 Å². The van der Waals surface area contributed by atoms with Crippen LogP contribution in [0.15, 0.2) is 24.8 Å². The Kier molecular flexibility index (Phi) is 4.03. The molecule has 112 valence electrons. The van der Waals surface area contributed by atoms with E-state index in [1.807, 2.05) is 0 Å². The molecule has 6 heteroatoms. The fourth-order valence-electron chi connectivity index (χ4n) is 2.27. The summed E-state index contributed by atoms with van der Waals surface area (Å²) in [6.45, 7) is 6.80. The lowest BCUT2D eigenvalue weighted by molar-refractivity contribution is -0.132. The third kappa shape index (κ3) is 2.35. The third-order valence-corrected chi connectivity index (χ3v) is 3.37. The molecule has 0 saturated heterocycles. The Morgan fingerprint density at radius 1 is 1.27 bits per heavy atom. The van der Waals surface area contributed by atoms with Crippen molar-refractivity contribution in [3.05, 3.63) is 46.4 Å². The van der Waals surface area contributed by atoms with E-state index < -0.39 is 17.9 Å². The number of hydrogen-bond acceptors (Lipinski definition) is 6. The van der Waals surface area contributed by atoms with Crippen LogP contribution in [0.3, 0.4) is 0 Å². The van der Waals surface area contributed by atoms with Crippen LogP contribution in [0, 0.1) is 0 Å². The number of benzene rings is 1. The van der Waals surface area contributed by atoms with Gasteiger partial charge in [0.25, 0.3) is 0 Å². The zero-order valence-corrected chi connectivity index (χ0v) is 12.0. The van der Waals surface area contributed by atoms with Crippen molar-refractivity contribution >= 4 is 35.5 Å². The largest absolute Gasteiger partial charge is 0.392 e. The van der Waals surface area contributed by atoms with Crippen molar-refractivity contribution in [2.75, 3.05) is 0 Å². The van der Waals surface area contributed by atoms with Gasteiger partial charge in [0.05, 0.1) is 11.1 Å². The van der Waals surface area contributed by atoms with Gasteiger partial charge in [0.15, 0.2) is 0 Å². The lowest BCUT2D eigenvalue weighted by Gasteiger charge is -2.14. The molecular formula is C16H12O6. The molecule has 22 heavy (non-hydrogen) atoms. The highest BCUT2D eigenvalue weighted by Crippen LogP contribution is 2.09. The van der Waals surface area contributed by atoms with E-state index >= 15 is 0 Å². The second kappa shape index (κ2) is 5.77. The van der Waals surface area contributed by atoms with E-state index in [-0.39, 0.29) is 23.2 Å². The molecule has 1 aromatic carbocycles. The summed E-state index contributed by atoms with van der Waals surface area (Å²) in [5, 5.41) is 0.612. The molecule has 0 unspecified atom stereocenters. The van der Waals surface area contributed by atoms with E-state index in [1.54, 1.807) is 6.92 Å². The Hall–Kier alpha value is -3.02. The smallest absolute Gasteiger partial charge is 0.346 e. The maximum absolute atomic E-state index is 11.9. The molecule has 0 aliphatic carbocycles. The number of ether oxygens (including phenoxy) is 2. The summed E-state index contributed by atoms with van der Waals surface area (Å²) < 4.78 is 8.98. The van der Waals surface area contributed by atoms with E-state index in [1.165, 1.54) is 25.1 Å². The molecule has 1 aliphatic heterocycles. The van der Waals surface area contributed by atoms with Crippen molar-refractivity contribution in [3.63, 3.8) is 0 Å². The lowest BCUT2D eigenvalue weighted by Crippen LogP contribution is -2.43. The number of carbonyl (C=O) groups excluding carboxylic acids is 4. The third-order valence-electron chi connectivity index (χ3n) is 3.37. The summed E-state index contributed by atoms with van der Waals surface area (Å²) >= 11 is 0. The van der Waals surface area contributed by atoms with E-state index in [4.69, 9.17) is 0 Å². The van der Waals surface area contributed by atoms with Gasteiger partial charge in [-0.2, -0.15) is 0 Å². The zero-order chi connectivity index (χ0) is 16.4. The van der Waals surface area contributed by atoms with Crippen LogP contribution in [0.1, 0.15) is 34.6 Å². The maximum atomic E-state index is 11.9. The fraction of sp³-hybridized carbons (Fsp3) is 0.125. The monoisotopic (exact) mass is 300 g/mol. The molecule has 1 aliphatic rings. The first-order valence-corrected chi connectivity index (χ1v) is 6.30. The van der Waals surface area contributed by atoms with Crippen molar-refractivity contribution in [1.82, 2.24) is 0 Å². The fourth-order valence-corrected chi connectivity index (χ4v) is 2.27. The molecule has 1 heterocycles. The van der Waals surface area contributed by atoms with Crippen molar-refractivity contribution in [3.8, 4) is 0 Å². The van der Waals surface area contributed by atoms with Gasteiger partial charge >= 0.3 is 24.4 Å². The normalized spacial score (nSPS) is 14.7. The summed E-state index contributed by atoms with van der Waals surface area (Å²) in [6, 6.07) is 2.70.